The van der Waals surface area contributed by atoms with E-state index in [9.17, 15) is 18.0 Å². The number of rotatable bonds is 14. The van der Waals surface area contributed by atoms with Gasteiger partial charge in [-0.05, 0) is 75.2 Å². The van der Waals surface area contributed by atoms with Gasteiger partial charge in [0.25, 0.3) is 10.0 Å². The lowest BCUT2D eigenvalue weighted by atomic mass is 10.0. The molecule has 0 aliphatic rings. The van der Waals surface area contributed by atoms with Crippen molar-refractivity contribution < 1.29 is 32.2 Å². The zero-order chi connectivity index (χ0) is 35.8. The Morgan fingerprint density at radius 3 is 2.04 bits per heavy atom. The van der Waals surface area contributed by atoms with Gasteiger partial charge in [0, 0.05) is 24.6 Å². The van der Waals surface area contributed by atoms with Crippen LogP contribution in [0.3, 0.4) is 0 Å². The highest BCUT2D eigenvalue weighted by Gasteiger charge is 2.36. The Hall–Kier alpha value is -5.03. The molecule has 0 heterocycles. The average Bonchev–Trinajstić information content (AvgIpc) is 3.08. The summed E-state index contributed by atoms with van der Waals surface area (Å²) in [6, 6.07) is 26.7. The van der Waals surface area contributed by atoms with Crippen LogP contribution in [0.25, 0.3) is 0 Å². The Bertz CT molecular complexity index is 1840. The number of hydrogen-bond acceptors (Lipinski definition) is 7. The molecular formula is C38H45N3O7S. The molecule has 1 unspecified atom stereocenters. The van der Waals surface area contributed by atoms with E-state index >= 15 is 0 Å². The Morgan fingerprint density at radius 1 is 0.776 bits per heavy atom. The van der Waals surface area contributed by atoms with Gasteiger partial charge < -0.3 is 24.4 Å². The molecule has 4 aromatic rings. The summed E-state index contributed by atoms with van der Waals surface area (Å²) in [6.45, 7) is 6.86. The van der Waals surface area contributed by atoms with Crippen LogP contribution < -0.4 is 23.8 Å². The molecule has 1 N–H and O–H groups in total. The van der Waals surface area contributed by atoms with Gasteiger partial charge in [-0.2, -0.15) is 0 Å². The number of carbonyl (C=O) groups is 2. The van der Waals surface area contributed by atoms with Crippen molar-refractivity contribution in [3.8, 4) is 17.2 Å². The Kier molecular flexibility index (Phi) is 12.0. The molecule has 10 nitrogen and oxygen atoms in total. The standard InChI is InChI=1S/C38H45N3O7S/c1-27-16-19-32(20-17-27)49(44,45)41(30-18-21-34(47-6)35(24-30)48-7)26-36(42)40(25-29-14-11-15-31(22-29)46-5)33(37(43)39-38(2,3)4)23-28-12-9-8-10-13-28/h8-22,24,33H,23,25-26H2,1-7H3,(H,39,43). The number of ether oxygens (including phenoxy) is 3. The lowest BCUT2D eigenvalue weighted by molar-refractivity contribution is -0.140. The summed E-state index contributed by atoms with van der Waals surface area (Å²) in [5.74, 6) is 0.311. The molecule has 49 heavy (non-hydrogen) atoms. The van der Waals surface area contributed by atoms with Crippen LogP contribution in [-0.4, -0.2) is 64.6 Å². The maximum absolute atomic E-state index is 14.7. The molecule has 0 saturated heterocycles. The van der Waals surface area contributed by atoms with Crippen LogP contribution in [0.15, 0.2) is 102 Å². The minimum Gasteiger partial charge on any atom is -0.497 e. The molecule has 0 saturated carbocycles. The number of hydrogen-bond donors (Lipinski definition) is 1. The van der Waals surface area contributed by atoms with E-state index in [1.54, 1.807) is 49.6 Å². The molecular weight excluding hydrogens is 642 g/mol. The molecule has 260 valence electrons. The highest BCUT2D eigenvalue weighted by Crippen LogP contribution is 2.34. The summed E-state index contributed by atoms with van der Waals surface area (Å²) in [7, 11) is 0.185. The first-order chi connectivity index (χ1) is 23.2. The van der Waals surface area contributed by atoms with E-state index in [2.05, 4.69) is 5.32 Å². The fraction of sp³-hybridized carbons (Fsp3) is 0.316. The molecule has 0 aliphatic heterocycles. The Balaban J connectivity index is 1.87. The van der Waals surface area contributed by atoms with E-state index in [0.717, 1.165) is 15.4 Å². The van der Waals surface area contributed by atoms with Crippen LogP contribution in [0.4, 0.5) is 5.69 Å². The molecule has 0 bridgehead atoms. The van der Waals surface area contributed by atoms with E-state index in [1.807, 2.05) is 64.1 Å². The van der Waals surface area contributed by atoms with Crippen LogP contribution in [0.1, 0.15) is 37.5 Å². The number of benzene rings is 4. The number of amides is 2. The summed E-state index contributed by atoms with van der Waals surface area (Å²) in [5, 5.41) is 3.04. The largest absolute Gasteiger partial charge is 0.497 e. The highest BCUT2D eigenvalue weighted by molar-refractivity contribution is 7.92. The van der Waals surface area contributed by atoms with Gasteiger partial charge in [-0.1, -0.05) is 60.2 Å². The van der Waals surface area contributed by atoms with Crippen LogP contribution in [0.5, 0.6) is 17.2 Å². The number of methoxy groups -OCH3 is 3. The third-order valence-electron chi connectivity index (χ3n) is 7.80. The minimum absolute atomic E-state index is 0.00587. The van der Waals surface area contributed by atoms with Gasteiger partial charge in [-0.3, -0.25) is 13.9 Å². The zero-order valence-electron chi connectivity index (χ0n) is 29.1. The molecule has 2 amide bonds. The average molecular weight is 688 g/mol. The number of aryl methyl sites for hydroxylation is 1. The summed E-state index contributed by atoms with van der Waals surface area (Å²) in [5.41, 5.74) is 2.01. The number of sulfonamides is 1. The quantitative estimate of drug-likeness (QED) is 0.179. The molecule has 4 aromatic carbocycles. The van der Waals surface area contributed by atoms with Crippen LogP contribution in [-0.2, 0) is 32.6 Å². The molecule has 0 spiro atoms. The monoisotopic (exact) mass is 687 g/mol. The normalized spacial score (nSPS) is 12.1. The topological polar surface area (TPSA) is 114 Å². The van der Waals surface area contributed by atoms with E-state index in [0.29, 0.717) is 17.1 Å². The first-order valence-electron chi connectivity index (χ1n) is 15.9. The molecule has 0 radical (unpaired) electrons. The van der Waals surface area contributed by atoms with E-state index in [4.69, 9.17) is 14.2 Å². The second-order valence-electron chi connectivity index (χ2n) is 12.7. The number of carbonyl (C=O) groups excluding carboxylic acids is 2. The second kappa shape index (κ2) is 15.9. The third kappa shape index (κ3) is 9.54. The van der Waals surface area contributed by atoms with Gasteiger partial charge in [0.1, 0.15) is 18.3 Å². The van der Waals surface area contributed by atoms with Crippen molar-refractivity contribution in [3.05, 3.63) is 114 Å². The van der Waals surface area contributed by atoms with E-state index < -0.39 is 34.1 Å². The summed E-state index contributed by atoms with van der Waals surface area (Å²) in [6.07, 6.45) is 0.194. The van der Waals surface area contributed by atoms with Gasteiger partial charge in [-0.25, -0.2) is 8.42 Å². The molecule has 0 fully saturated rings. The van der Waals surface area contributed by atoms with Gasteiger partial charge >= 0.3 is 0 Å². The van der Waals surface area contributed by atoms with Crippen LogP contribution >= 0.6 is 0 Å². The molecule has 4 rings (SSSR count). The summed E-state index contributed by atoms with van der Waals surface area (Å²) >= 11 is 0. The SMILES string of the molecule is COc1cccc(CN(C(=O)CN(c2ccc(OC)c(OC)c2)S(=O)(=O)c2ccc(C)cc2)C(Cc2ccccc2)C(=O)NC(C)(C)C)c1. The van der Waals surface area contributed by atoms with Crippen molar-refractivity contribution in [2.24, 2.45) is 0 Å². The van der Waals surface area contributed by atoms with Crippen molar-refractivity contribution in [2.75, 3.05) is 32.2 Å². The number of anilines is 1. The predicted octanol–water partition coefficient (Wildman–Crippen LogP) is 5.77. The first kappa shape index (κ1) is 36.8. The maximum Gasteiger partial charge on any atom is 0.264 e. The van der Waals surface area contributed by atoms with Gasteiger partial charge in [0.2, 0.25) is 11.8 Å². The second-order valence-corrected chi connectivity index (χ2v) is 14.5. The van der Waals surface area contributed by atoms with Crippen LogP contribution in [0.2, 0.25) is 0 Å². The first-order valence-corrected chi connectivity index (χ1v) is 17.3. The lowest BCUT2D eigenvalue weighted by Crippen LogP contribution is -2.56. The summed E-state index contributed by atoms with van der Waals surface area (Å²) < 4.78 is 46.1. The molecule has 11 heteroatoms. The molecule has 1 atom stereocenters. The Morgan fingerprint density at radius 2 is 1.43 bits per heavy atom. The van der Waals surface area contributed by atoms with Gasteiger partial charge in [-0.15, -0.1) is 0 Å². The third-order valence-corrected chi connectivity index (χ3v) is 9.59. The van der Waals surface area contributed by atoms with Crippen molar-refractivity contribution in [1.82, 2.24) is 10.2 Å². The zero-order valence-corrected chi connectivity index (χ0v) is 29.9. The van der Waals surface area contributed by atoms with Crippen LogP contribution in [0, 0.1) is 6.92 Å². The summed E-state index contributed by atoms with van der Waals surface area (Å²) in [4.78, 5) is 30.3. The molecule has 0 aliphatic carbocycles. The predicted molar refractivity (Wildman–Crippen MR) is 191 cm³/mol. The fourth-order valence-electron chi connectivity index (χ4n) is 5.32. The maximum atomic E-state index is 14.7. The van der Waals surface area contributed by atoms with Crippen molar-refractivity contribution in [2.45, 2.75) is 57.1 Å². The van der Waals surface area contributed by atoms with Crippen molar-refractivity contribution >= 4 is 27.5 Å². The van der Waals surface area contributed by atoms with Crippen molar-refractivity contribution in [1.29, 1.82) is 0 Å². The van der Waals surface area contributed by atoms with Gasteiger partial charge in [0.15, 0.2) is 11.5 Å². The van der Waals surface area contributed by atoms with E-state index in [1.165, 1.54) is 37.3 Å². The lowest BCUT2D eigenvalue weighted by Gasteiger charge is -2.35. The van der Waals surface area contributed by atoms with E-state index in [-0.39, 0.29) is 35.2 Å². The molecule has 0 aromatic heterocycles. The minimum atomic E-state index is -4.29. The number of nitrogens with zero attached hydrogens (tertiary/aromatic N) is 2. The fourth-order valence-corrected chi connectivity index (χ4v) is 6.73. The number of nitrogens with one attached hydrogen (secondary N) is 1. The Labute approximate surface area is 289 Å². The van der Waals surface area contributed by atoms with Crippen molar-refractivity contribution in [3.63, 3.8) is 0 Å². The highest BCUT2D eigenvalue weighted by atomic mass is 32.2. The smallest absolute Gasteiger partial charge is 0.264 e. The van der Waals surface area contributed by atoms with Gasteiger partial charge in [0.05, 0.1) is 31.9 Å².